The highest BCUT2D eigenvalue weighted by Crippen LogP contribution is 2.27. The van der Waals surface area contributed by atoms with Crippen molar-refractivity contribution < 1.29 is 12.8 Å². The molecule has 0 amide bonds. The average Bonchev–Trinajstić information content (AvgIpc) is 3.23. The summed E-state index contributed by atoms with van der Waals surface area (Å²) >= 11 is 0. The lowest BCUT2D eigenvalue weighted by molar-refractivity contribution is 0.161. The normalized spacial score (nSPS) is 15.7. The third-order valence-corrected chi connectivity index (χ3v) is 7.93. The molecule has 10 nitrogen and oxygen atoms in total. The van der Waals surface area contributed by atoms with E-state index in [0.29, 0.717) is 28.7 Å². The van der Waals surface area contributed by atoms with Crippen molar-refractivity contribution in [1.82, 2.24) is 24.3 Å². The first-order valence-electron chi connectivity index (χ1n) is 11.5. The molecule has 0 saturated carbocycles. The summed E-state index contributed by atoms with van der Waals surface area (Å²) in [7, 11) is 0.251. The number of benzene rings is 1. The molecule has 1 fully saturated rings. The van der Waals surface area contributed by atoms with Crippen LogP contribution in [0, 0.1) is 0 Å². The van der Waals surface area contributed by atoms with Gasteiger partial charge in [0.2, 0.25) is 11.5 Å². The molecule has 0 unspecified atom stereocenters. The summed E-state index contributed by atoms with van der Waals surface area (Å²) in [6, 6.07) is 10.6. The van der Waals surface area contributed by atoms with Crippen LogP contribution in [0.3, 0.4) is 0 Å². The van der Waals surface area contributed by atoms with E-state index in [2.05, 4.69) is 21.8 Å². The minimum atomic E-state index is -3.46. The average molecular weight is 497 g/mol. The highest BCUT2D eigenvalue weighted by molar-refractivity contribution is 7.91. The number of rotatable bonds is 7. The van der Waals surface area contributed by atoms with Crippen molar-refractivity contribution in [2.45, 2.75) is 0 Å². The molecule has 0 aliphatic carbocycles. The molecule has 11 heteroatoms. The van der Waals surface area contributed by atoms with Crippen LogP contribution in [0.15, 0.2) is 58.0 Å². The first-order chi connectivity index (χ1) is 16.8. The molecule has 0 radical (unpaired) electrons. The van der Waals surface area contributed by atoms with Crippen molar-refractivity contribution >= 4 is 37.9 Å². The molecule has 1 saturated heterocycles. The van der Waals surface area contributed by atoms with Crippen molar-refractivity contribution in [2.24, 2.45) is 0 Å². The van der Waals surface area contributed by atoms with Crippen LogP contribution in [0.5, 0.6) is 0 Å². The van der Waals surface area contributed by atoms with E-state index in [1.807, 2.05) is 18.2 Å². The highest BCUT2D eigenvalue weighted by Gasteiger charge is 2.24. The van der Waals surface area contributed by atoms with Crippen LogP contribution in [0.2, 0.25) is 0 Å². The van der Waals surface area contributed by atoms with E-state index in [1.165, 1.54) is 9.47 Å². The lowest BCUT2D eigenvalue weighted by atomic mass is 10.2. The topological polar surface area (TPSA) is 105 Å². The van der Waals surface area contributed by atoms with Crippen molar-refractivity contribution in [2.75, 3.05) is 63.3 Å². The number of anilines is 1. The van der Waals surface area contributed by atoms with Gasteiger partial charge in [-0.3, -0.25) is 14.7 Å². The molecule has 1 aromatic carbocycles. The Bertz CT molecular complexity index is 1510. The van der Waals surface area contributed by atoms with Crippen molar-refractivity contribution in [3.63, 3.8) is 0 Å². The molecular weight excluding hydrogens is 468 g/mol. The van der Waals surface area contributed by atoms with Crippen LogP contribution in [-0.4, -0.2) is 91.2 Å². The second kappa shape index (κ2) is 9.40. The molecular formula is C24H28N6O4S. The smallest absolute Gasteiger partial charge is 0.303 e. The second-order valence-corrected chi connectivity index (χ2v) is 11.1. The number of fused-ring (bicyclic) bond motifs is 3. The van der Waals surface area contributed by atoms with Gasteiger partial charge < -0.3 is 14.2 Å². The molecule has 4 heterocycles. The summed E-state index contributed by atoms with van der Waals surface area (Å²) in [5.41, 5.74) is 1.20. The summed E-state index contributed by atoms with van der Waals surface area (Å²) in [5, 5.41) is 0.703. The van der Waals surface area contributed by atoms with Gasteiger partial charge in [0.05, 0.1) is 11.4 Å². The van der Waals surface area contributed by atoms with Crippen LogP contribution >= 0.6 is 0 Å². The Kier molecular flexibility index (Phi) is 6.30. The van der Waals surface area contributed by atoms with E-state index in [4.69, 9.17) is 9.40 Å². The van der Waals surface area contributed by atoms with Crippen LogP contribution < -0.4 is 10.5 Å². The van der Waals surface area contributed by atoms with Crippen LogP contribution in [0.1, 0.15) is 0 Å². The lowest BCUT2D eigenvalue weighted by Gasteiger charge is -2.32. The molecule has 0 N–H and O–H groups in total. The maximum Gasteiger partial charge on any atom is 0.303 e. The van der Waals surface area contributed by atoms with Gasteiger partial charge in [0.1, 0.15) is 17.0 Å². The molecule has 35 heavy (non-hydrogen) atoms. The monoisotopic (exact) mass is 496 g/mol. The quantitative estimate of drug-likeness (QED) is 0.377. The Morgan fingerprint density at radius 3 is 2.51 bits per heavy atom. The van der Waals surface area contributed by atoms with Gasteiger partial charge in [0, 0.05) is 57.6 Å². The Morgan fingerprint density at radius 2 is 1.77 bits per heavy atom. The number of nitrogens with zero attached hydrogens (tertiary/aromatic N) is 6. The highest BCUT2D eigenvalue weighted by atomic mass is 32.2. The summed E-state index contributed by atoms with van der Waals surface area (Å²) in [4.78, 5) is 28.3. The summed E-state index contributed by atoms with van der Waals surface area (Å²) in [6.45, 7) is 4.06. The summed E-state index contributed by atoms with van der Waals surface area (Å²) in [6.07, 6.45) is 3.14. The van der Waals surface area contributed by atoms with Crippen molar-refractivity contribution in [3.8, 4) is 5.69 Å². The molecule has 0 bridgehead atoms. The number of aromatic nitrogens is 3. The molecule has 4 aromatic rings. The fourth-order valence-corrected chi connectivity index (χ4v) is 5.74. The molecule has 5 rings (SSSR count). The molecule has 0 spiro atoms. The number of pyridine rings is 1. The molecule has 1 aliphatic heterocycles. The number of hydrogen-bond donors (Lipinski definition) is 0. The second-order valence-electron chi connectivity index (χ2n) is 8.95. The number of furan rings is 1. The predicted molar refractivity (Wildman–Crippen MR) is 136 cm³/mol. The maximum absolute atomic E-state index is 13.6. The largest absolute Gasteiger partial charge is 0.448 e. The zero-order chi connectivity index (χ0) is 24.6. The van der Waals surface area contributed by atoms with Gasteiger partial charge in [0.15, 0.2) is 9.84 Å². The van der Waals surface area contributed by atoms with Gasteiger partial charge in [-0.2, -0.15) is 0 Å². The molecule has 3 aromatic heterocycles. The van der Waals surface area contributed by atoms with Crippen LogP contribution in [0.25, 0.3) is 27.8 Å². The van der Waals surface area contributed by atoms with E-state index in [0.717, 1.165) is 26.2 Å². The number of likely N-dealkylation sites (N-methyl/N-ethyl adjacent to an activating group) is 1. The van der Waals surface area contributed by atoms with Gasteiger partial charge in [-0.1, -0.05) is 12.1 Å². The minimum Gasteiger partial charge on any atom is -0.448 e. The maximum atomic E-state index is 13.6. The SMILES string of the molecule is CN1CCN(CCS(=O)(=O)CN(C)c2nc3c(oc4ccccc43)c(=O)n2-c2ccncc2)CC1. The van der Waals surface area contributed by atoms with Crippen molar-refractivity contribution in [1.29, 1.82) is 0 Å². The fraction of sp³-hybridized carbons (Fsp3) is 0.375. The van der Waals surface area contributed by atoms with Crippen LogP contribution in [-0.2, 0) is 9.84 Å². The van der Waals surface area contributed by atoms with E-state index >= 15 is 0 Å². The van der Waals surface area contributed by atoms with Crippen molar-refractivity contribution in [3.05, 3.63) is 59.1 Å². The number of sulfone groups is 1. The Balaban J connectivity index is 1.50. The number of hydrogen-bond acceptors (Lipinski definition) is 9. The lowest BCUT2D eigenvalue weighted by Crippen LogP contribution is -2.46. The summed E-state index contributed by atoms with van der Waals surface area (Å²) in [5.74, 6) is 0.000181. The first kappa shape index (κ1) is 23.5. The standard InChI is InChI=1S/C24H28N6O4S/c1-27-11-13-29(14-12-27)15-16-35(32,33)17-28(2)24-26-21-19-5-3-4-6-20(19)34-22(21)23(31)30(24)18-7-9-25-10-8-18/h3-10H,11-17H2,1-2H3. The first-order valence-corrected chi connectivity index (χ1v) is 13.3. The van der Waals surface area contributed by atoms with Gasteiger partial charge in [0.25, 0.3) is 0 Å². The summed E-state index contributed by atoms with van der Waals surface area (Å²) < 4.78 is 33.3. The van der Waals surface area contributed by atoms with E-state index < -0.39 is 15.4 Å². The van der Waals surface area contributed by atoms with E-state index in [-0.39, 0.29) is 23.2 Å². The van der Waals surface area contributed by atoms with E-state index in [1.54, 1.807) is 37.6 Å². The minimum absolute atomic E-state index is 0.0391. The van der Waals surface area contributed by atoms with Gasteiger partial charge in [-0.15, -0.1) is 0 Å². The molecule has 1 aliphatic rings. The van der Waals surface area contributed by atoms with Gasteiger partial charge in [-0.05, 0) is 31.3 Å². The Hall–Kier alpha value is -3.28. The Labute approximate surface area is 203 Å². The van der Waals surface area contributed by atoms with Crippen LogP contribution in [0.4, 0.5) is 5.95 Å². The zero-order valence-corrected chi connectivity index (χ0v) is 20.6. The third kappa shape index (κ3) is 4.79. The van der Waals surface area contributed by atoms with E-state index in [9.17, 15) is 13.2 Å². The molecule has 0 atom stereocenters. The third-order valence-electron chi connectivity index (χ3n) is 6.35. The van der Waals surface area contributed by atoms with Gasteiger partial charge in [-0.25, -0.2) is 18.0 Å². The molecule has 184 valence electrons. The Morgan fingerprint density at radius 1 is 1.06 bits per heavy atom. The number of piperazine rings is 1. The van der Waals surface area contributed by atoms with Gasteiger partial charge >= 0.3 is 5.56 Å². The predicted octanol–water partition coefficient (Wildman–Crippen LogP) is 1.58. The zero-order valence-electron chi connectivity index (χ0n) is 19.8. The fourth-order valence-electron chi connectivity index (χ4n) is 4.37. The number of para-hydroxylation sites is 1.